The number of carbonyl (C=O) groups is 1. The molecule has 2 aliphatic rings. The van der Waals surface area contributed by atoms with Crippen LogP contribution in [0.2, 0.25) is 0 Å². The fraction of sp³-hybridized carbons (Fsp3) is 0.929. The van der Waals surface area contributed by atoms with Crippen molar-refractivity contribution in [3.8, 4) is 0 Å². The predicted molar refractivity (Wildman–Crippen MR) is 75.1 cm³/mol. The van der Waals surface area contributed by atoms with Gasteiger partial charge in [-0.3, -0.25) is 4.79 Å². The van der Waals surface area contributed by atoms with Gasteiger partial charge in [-0.15, -0.1) is 0 Å². The highest BCUT2D eigenvalue weighted by Gasteiger charge is 2.22. The maximum Gasteiger partial charge on any atom is 0.221 e. The molecule has 2 heterocycles. The summed E-state index contributed by atoms with van der Waals surface area (Å²) in [5, 5.41) is 6.48. The summed E-state index contributed by atoms with van der Waals surface area (Å²) >= 11 is 0. The molecule has 2 fully saturated rings. The Morgan fingerprint density at radius 3 is 2.84 bits per heavy atom. The number of hydrogen-bond acceptors (Lipinski definition) is 4. The molecule has 0 spiro atoms. The van der Waals surface area contributed by atoms with Gasteiger partial charge in [-0.25, -0.2) is 0 Å². The van der Waals surface area contributed by atoms with Gasteiger partial charge in [0.25, 0.3) is 0 Å². The number of amides is 1. The van der Waals surface area contributed by atoms with Crippen molar-refractivity contribution in [2.45, 2.75) is 44.7 Å². The molecule has 2 saturated heterocycles. The minimum atomic E-state index is 0.164. The van der Waals surface area contributed by atoms with Gasteiger partial charge in [0.1, 0.15) is 0 Å². The predicted octanol–water partition coefficient (Wildman–Crippen LogP) is 0.356. The molecule has 2 aliphatic heterocycles. The summed E-state index contributed by atoms with van der Waals surface area (Å²) in [7, 11) is 0. The Labute approximate surface area is 116 Å². The Kier molecular flexibility index (Phi) is 6.07. The summed E-state index contributed by atoms with van der Waals surface area (Å²) in [5.74, 6) is 0.164. The molecule has 5 heteroatoms. The number of rotatable bonds is 5. The van der Waals surface area contributed by atoms with E-state index in [1.165, 1.54) is 13.0 Å². The number of ether oxygens (including phenoxy) is 1. The Hall–Kier alpha value is -0.650. The number of nitrogens with zero attached hydrogens (tertiary/aromatic N) is 1. The van der Waals surface area contributed by atoms with Crippen LogP contribution in [0.3, 0.4) is 0 Å². The Morgan fingerprint density at radius 1 is 1.42 bits per heavy atom. The lowest BCUT2D eigenvalue weighted by Crippen LogP contribution is -2.48. The van der Waals surface area contributed by atoms with Gasteiger partial charge in [-0.1, -0.05) is 6.92 Å². The first-order valence-corrected chi connectivity index (χ1v) is 7.60. The molecule has 2 rings (SSSR count). The quantitative estimate of drug-likeness (QED) is 0.756. The average molecular weight is 269 g/mol. The van der Waals surface area contributed by atoms with Crippen LogP contribution in [0.1, 0.15) is 32.6 Å². The number of carbonyl (C=O) groups excluding carboxylic acids is 1. The van der Waals surface area contributed by atoms with Crippen LogP contribution in [0.5, 0.6) is 0 Å². The molecular weight excluding hydrogens is 242 g/mol. The summed E-state index contributed by atoms with van der Waals surface area (Å²) in [6, 6.07) is 0.555. The summed E-state index contributed by atoms with van der Waals surface area (Å²) in [4.78, 5) is 14.5. The van der Waals surface area contributed by atoms with E-state index in [0.29, 0.717) is 19.1 Å². The Bertz CT molecular complexity index is 272. The van der Waals surface area contributed by atoms with E-state index in [9.17, 15) is 4.79 Å². The standard InChI is InChI=1S/C14H27N3O2/c1-2-6-17-7-3-12(4-8-17)16-14(18)10-13-11-19-9-5-15-13/h12-13,15H,2-11H2,1H3,(H,16,18). The lowest BCUT2D eigenvalue weighted by Gasteiger charge is -2.32. The van der Waals surface area contributed by atoms with Gasteiger partial charge < -0.3 is 20.3 Å². The third-order valence-electron chi connectivity index (χ3n) is 3.92. The van der Waals surface area contributed by atoms with Crippen molar-refractivity contribution in [2.75, 3.05) is 39.4 Å². The van der Waals surface area contributed by atoms with Crippen LogP contribution < -0.4 is 10.6 Å². The van der Waals surface area contributed by atoms with E-state index in [4.69, 9.17) is 4.74 Å². The zero-order valence-electron chi connectivity index (χ0n) is 12.0. The van der Waals surface area contributed by atoms with E-state index < -0.39 is 0 Å². The van der Waals surface area contributed by atoms with Crippen LogP contribution in [0.25, 0.3) is 0 Å². The van der Waals surface area contributed by atoms with E-state index in [2.05, 4.69) is 22.5 Å². The second kappa shape index (κ2) is 7.82. The summed E-state index contributed by atoms with van der Waals surface area (Å²) in [5.41, 5.74) is 0. The molecule has 0 saturated carbocycles. The fourth-order valence-electron chi connectivity index (χ4n) is 2.88. The maximum atomic E-state index is 12.0. The second-order valence-corrected chi connectivity index (χ2v) is 5.61. The zero-order valence-corrected chi connectivity index (χ0v) is 12.0. The Balaban J connectivity index is 1.63. The van der Waals surface area contributed by atoms with Crippen LogP contribution >= 0.6 is 0 Å². The van der Waals surface area contributed by atoms with Gasteiger partial charge in [0.05, 0.1) is 13.2 Å². The molecule has 0 aromatic carbocycles. The van der Waals surface area contributed by atoms with Crippen LogP contribution in [0.4, 0.5) is 0 Å². The SMILES string of the molecule is CCCN1CCC(NC(=O)CC2COCCN2)CC1. The first kappa shape index (κ1) is 14.8. The van der Waals surface area contributed by atoms with Crippen LogP contribution in [-0.4, -0.2) is 62.3 Å². The molecule has 110 valence electrons. The highest BCUT2D eigenvalue weighted by molar-refractivity contribution is 5.76. The first-order chi connectivity index (χ1) is 9.28. The third-order valence-corrected chi connectivity index (χ3v) is 3.92. The molecule has 0 radical (unpaired) electrons. The maximum absolute atomic E-state index is 12.0. The number of likely N-dealkylation sites (tertiary alicyclic amines) is 1. The van der Waals surface area contributed by atoms with Crippen molar-refractivity contribution in [1.29, 1.82) is 0 Å². The van der Waals surface area contributed by atoms with E-state index in [1.807, 2.05) is 0 Å². The number of nitrogens with one attached hydrogen (secondary N) is 2. The molecule has 0 aromatic rings. The third kappa shape index (κ3) is 5.09. The molecule has 0 aromatic heterocycles. The summed E-state index contributed by atoms with van der Waals surface area (Å²) in [6.07, 6.45) is 3.92. The van der Waals surface area contributed by atoms with E-state index in [1.54, 1.807) is 0 Å². The summed E-state index contributed by atoms with van der Waals surface area (Å²) in [6.45, 7) is 7.90. The molecular formula is C14H27N3O2. The van der Waals surface area contributed by atoms with Crippen molar-refractivity contribution >= 4 is 5.91 Å². The number of piperidine rings is 1. The normalized spacial score (nSPS) is 26.3. The second-order valence-electron chi connectivity index (χ2n) is 5.61. The van der Waals surface area contributed by atoms with Crippen LogP contribution in [-0.2, 0) is 9.53 Å². The summed E-state index contributed by atoms with van der Waals surface area (Å²) < 4.78 is 5.36. The lowest BCUT2D eigenvalue weighted by molar-refractivity contribution is -0.123. The van der Waals surface area contributed by atoms with Crippen LogP contribution in [0.15, 0.2) is 0 Å². The largest absolute Gasteiger partial charge is 0.378 e. The smallest absolute Gasteiger partial charge is 0.221 e. The van der Waals surface area contributed by atoms with E-state index in [0.717, 1.165) is 39.1 Å². The van der Waals surface area contributed by atoms with Crippen molar-refractivity contribution < 1.29 is 9.53 Å². The lowest BCUT2D eigenvalue weighted by atomic mass is 10.0. The molecule has 1 atom stereocenters. The van der Waals surface area contributed by atoms with Crippen LogP contribution in [0, 0.1) is 0 Å². The molecule has 1 amide bonds. The van der Waals surface area contributed by atoms with Crippen molar-refractivity contribution in [3.05, 3.63) is 0 Å². The van der Waals surface area contributed by atoms with E-state index in [-0.39, 0.29) is 11.9 Å². The van der Waals surface area contributed by atoms with E-state index >= 15 is 0 Å². The van der Waals surface area contributed by atoms with Gasteiger partial charge in [-0.2, -0.15) is 0 Å². The number of morpholine rings is 1. The number of hydrogen-bond donors (Lipinski definition) is 2. The molecule has 0 aliphatic carbocycles. The van der Waals surface area contributed by atoms with Gasteiger partial charge in [-0.05, 0) is 25.8 Å². The van der Waals surface area contributed by atoms with Crippen molar-refractivity contribution in [3.63, 3.8) is 0 Å². The highest BCUT2D eigenvalue weighted by Crippen LogP contribution is 2.11. The van der Waals surface area contributed by atoms with Gasteiger partial charge in [0.2, 0.25) is 5.91 Å². The van der Waals surface area contributed by atoms with Gasteiger partial charge >= 0.3 is 0 Å². The first-order valence-electron chi connectivity index (χ1n) is 7.60. The minimum absolute atomic E-state index is 0.164. The molecule has 1 unspecified atom stereocenters. The average Bonchev–Trinajstić information content (AvgIpc) is 2.42. The van der Waals surface area contributed by atoms with Gasteiger partial charge in [0, 0.05) is 38.1 Å². The molecule has 19 heavy (non-hydrogen) atoms. The fourth-order valence-corrected chi connectivity index (χ4v) is 2.88. The minimum Gasteiger partial charge on any atom is -0.378 e. The molecule has 5 nitrogen and oxygen atoms in total. The molecule has 2 N–H and O–H groups in total. The van der Waals surface area contributed by atoms with Crippen molar-refractivity contribution in [2.24, 2.45) is 0 Å². The topological polar surface area (TPSA) is 53.6 Å². The van der Waals surface area contributed by atoms with Crippen molar-refractivity contribution in [1.82, 2.24) is 15.5 Å². The van der Waals surface area contributed by atoms with Gasteiger partial charge in [0.15, 0.2) is 0 Å². The Morgan fingerprint density at radius 2 is 2.21 bits per heavy atom. The molecule has 0 bridgehead atoms. The monoisotopic (exact) mass is 269 g/mol. The zero-order chi connectivity index (χ0) is 13.5. The highest BCUT2D eigenvalue weighted by atomic mass is 16.5.